The zero-order valence-corrected chi connectivity index (χ0v) is 28.9. The second-order valence-corrected chi connectivity index (χ2v) is 12.2. The van der Waals surface area contributed by atoms with Crippen LogP contribution < -0.4 is 0 Å². The van der Waals surface area contributed by atoms with Crippen molar-refractivity contribution >= 4 is 59.0 Å². The van der Waals surface area contributed by atoms with E-state index >= 15 is 0 Å². The first-order valence-corrected chi connectivity index (χ1v) is 16.4. The second kappa shape index (κ2) is 22.3. The Morgan fingerprint density at radius 2 is 0.980 bits per heavy atom. The third-order valence-electron chi connectivity index (χ3n) is 8.15. The molecule has 0 spiro atoms. The molecule has 19 nitrogen and oxygen atoms in total. The van der Waals surface area contributed by atoms with Crippen LogP contribution in [0.25, 0.3) is 0 Å². The standard InChI is InChI=1S/C31H45N7O12S/c39-26(40)17-33-5-6-34(18-27(41)42)9-12-37(31(49)50)13-10-35(19-28(43)44)11-14-38(21-30(47)48)25(16-36(8-7-33)20-29(45)46)15-23-1-3-24(4-2-23)32-22-51/h1-4,25H,5-21H2,(H,39,40)(H,41,42)(H,43,44)(H,45,46)(H,47,48)(H,49,50). The van der Waals surface area contributed by atoms with E-state index in [0.717, 1.165) is 10.5 Å². The molecule has 0 aliphatic carbocycles. The number of aliphatic carboxylic acids is 5. The van der Waals surface area contributed by atoms with Gasteiger partial charge < -0.3 is 35.5 Å². The third-order valence-corrected chi connectivity index (χ3v) is 8.24. The summed E-state index contributed by atoms with van der Waals surface area (Å²) in [7, 11) is 0. The number of carboxylic acid groups (broad SMARTS) is 6. The van der Waals surface area contributed by atoms with Crippen molar-refractivity contribution in [1.29, 1.82) is 0 Å². The van der Waals surface area contributed by atoms with Crippen LogP contribution in [0.2, 0.25) is 0 Å². The minimum Gasteiger partial charge on any atom is -0.480 e. The molecule has 0 saturated carbocycles. The molecule has 282 valence electrons. The van der Waals surface area contributed by atoms with Gasteiger partial charge in [-0.1, -0.05) is 12.1 Å². The molecule has 1 unspecified atom stereocenters. The van der Waals surface area contributed by atoms with E-state index in [1.807, 2.05) is 0 Å². The van der Waals surface area contributed by atoms with Gasteiger partial charge in [0, 0.05) is 78.0 Å². The van der Waals surface area contributed by atoms with E-state index < -0.39 is 74.7 Å². The summed E-state index contributed by atoms with van der Waals surface area (Å²) in [6, 6.07) is 6.25. The van der Waals surface area contributed by atoms with Crippen LogP contribution in [0.4, 0.5) is 10.5 Å². The summed E-state index contributed by atoms with van der Waals surface area (Å²) in [5.41, 5.74) is 1.29. The number of isothiocyanates is 1. The smallest absolute Gasteiger partial charge is 0.407 e. The number of nitrogens with zero attached hydrogens (tertiary/aromatic N) is 7. The highest BCUT2D eigenvalue weighted by Gasteiger charge is 2.27. The predicted molar refractivity (Wildman–Crippen MR) is 184 cm³/mol. The summed E-state index contributed by atoms with van der Waals surface area (Å²) in [5, 5.41) is 60.5. The molecular formula is C31H45N7O12S. The normalized spacial score (nSPS) is 18.9. The molecule has 1 atom stereocenters. The van der Waals surface area contributed by atoms with E-state index in [1.54, 1.807) is 34.1 Å². The molecule has 1 aromatic carbocycles. The van der Waals surface area contributed by atoms with Gasteiger partial charge in [0.15, 0.2) is 0 Å². The fourth-order valence-corrected chi connectivity index (χ4v) is 5.78. The Balaban J connectivity index is 2.58. The largest absolute Gasteiger partial charge is 0.480 e. The van der Waals surface area contributed by atoms with Crippen molar-refractivity contribution in [2.24, 2.45) is 4.99 Å². The van der Waals surface area contributed by atoms with Crippen molar-refractivity contribution in [2.45, 2.75) is 12.5 Å². The van der Waals surface area contributed by atoms with Crippen molar-refractivity contribution in [2.75, 3.05) is 105 Å². The van der Waals surface area contributed by atoms with Crippen molar-refractivity contribution in [3.8, 4) is 0 Å². The van der Waals surface area contributed by atoms with Gasteiger partial charge in [0.25, 0.3) is 0 Å². The van der Waals surface area contributed by atoms with Crippen molar-refractivity contribution < 1.29 is 59.4 Å². The van der Waals surface area contributed by atoms with Gasteiger partial charge in [-0.2, -0.15) is 4.99 Å². The van der Waals surface area contributed by atoms with Gasteiger partial charge in [0.05, 0.1) is 43.6 Å². The van der Waals surface area contributed by atoms with Crippen LogP contribution in [0.5, 0.6) is 0 Å². The Bertz CT molecular complexity index is 1400. The fourth-order valence-electron chi connectivity index (χ4n) is 5.68. The van der Waals surface area contributed by atoms with E-state index in [2.05, 4.69) is 22.4 Å². The van der Waals surface area contributed by atoms with Crippen LogP contribution in [0.15, 0.2) is 29.3 Å². The Hall–Kier alpha value is -4.56. The molecule has 0 aromatic heterocycles. The molecule has 20 heteroatoms. The summed E-state index contributed by atoms with van der Waals surface area (Å²) in [4.78, 5) is 83.9. The molecule has 1 fully saturated rings. The first kappa shape index (κ1) is 42.6. The summed E-state index contributed by atoms with van der Waals surface area (Å²) < 4.78 is 0. The number of aliphatic imine (C=N–C) groups is 1. The lowest BCUT2D eigenvalue weighted by Gasteiger charge is -2.37. The average molecular weight is 740 g/mol. The topological polar surface area (TPSA) is 256 Å². The molecule has 0 radical (unpaired) electrons. The quantitative estimate of drug-likeness (QED) is 0.108. The molecule has 1 heterocycles. The minimum atomic E-state index is -1.31. The van der Waals surface area contributed by atoms with Crippen LogP contribution in [-0.2, 0) is 30.4 Å². The SMILES string of the molecule is O=C(O)CN1CCN(CC(=O)O)CCN(C(=O)O)CCN(CC(=O)O)CCN(CC(=O)O)C(Cc2ccc(N=C=S)cc2)CN(CC(=O)O)CC1. The Morgan fingerprint density at radius 3 is 1.39 bits per heavy atom. The lowest BCUT2D eigenvalue weighted by atomic mass is 10.0. The first-order chi connectivity index (χ1) is 24.1. The van der Waals surface area contributed by atoms with Crippen molar-refractivity contribution in [3.05, 3.63) is 29.8 Å². The van der Waals surface area contributed by atoms with Gasteiger partial charge in [-0.05, 0) is 36.3 Å². The molecule has 1 amide bonds. The number of hydrogen-bond acceptors (Lipinski definition) is 13. The lowest BCUT2D eigenvalue weighted by molar-refractivity contribution is -0.141. The molecule has 1 aliphatic rings. The Kier molecular flexibility index (Phi) is 18.6. The monoisotopic (exact) mass is 739 g/mol. The number of thiocarbonyl (C=S) groups is 1. The Labute approximate surface area is 299 Å². The summed E-state index contributed by atoms with van der Waals surface area (Å²) in [6.07, 6.45) is -1.07. The second-order valence-electron chi connectivity index (χ2n) is 12.0. The average Bonchev–Trinajstić information content (AvgIpc) is 3.02. The molecule has 6 N–H and O–H groups in total. The number of rotatable bonds is 13. The van der Waals surface area contributed by atoms with Crippen LogP contribution in [0.3, 0.4) is 0 Å². The maximum atomic E-state index is 12.1. The number of carboxylic acids is 5. The highest BCUT2D eigenvalue weighted by Crippen LogP contribution is 2.17. The van der Waals surface area contributed by atoms with E-state index in [-0.39, 0.29) is 78.4 Å². The van der Waals surface area contributed by atoms with Crippen molar-refractivity contribution in [3.63, 3.8) is 0 Å². The maximum Gasteiger partial charge on any atom is 0.407 e. The van der Waals surface area contributed by atoms with Gasteiger partial charge in [0.2, 0.25) is 0 Å². The van der Waals surface area contributed by atoms with Gasteiger partial charge in [-0.3, -0.25) is 48.5 Å². The predicted octanol–water partition coefficient (Wildman–Crippen LogP) is -0.741. The first-order valence-electron chi connectivity index (χ1n) is 16.0. The summed E-state index contributed by atoms with van der Waals surface area (Å²) >= 11 is 4.66. The Morgan fingerprint density at radius 1 is 0.588 bits per heavy atom. The zero-order valence-electron chi connectivity index (χ0n) is 28.1. The molecule has 1 aromatic rings. The van der Waals surface area contributed by atoms with Crippen LogP contribution in [-0.4, -0.2) is 212 Å². The zero-order chi connectivity index (χ0) is 37.9. The molecule has 51 heavy (non-hydrogen) atoms. The van der Waals surface area contributed by atoms with Crippen molar-refractivity contribution in [1.82, 2.24) is 29.4 Å². The molecule has 0 bridgehead atoms. The summed E-state index contributed by atoms with van der Waals surface area (Å²) in [6.45, 7) is -2.35. The van der Waals surface area contributed by atoms with Crippen LogP contribution in [0.1, 0.15) is 5.56 Å². The molecule has 1 aliphatic heterocycles. The maximum absolute atomic E-state index is 12.1. The van der Waals surface area contributed by atoms with Crippen LogP contribution >= 0.6 is 12.2 Å². The third kappa shape index (κ3) is 17.8. The van der Waals surface area contributed by atoms with Gasteiger partial charge in [-0.25, -0.2) is 4.79 Å². The molecular weight excluding hydrogens is 694 g/mol. The van der Waals surface area contributed by atoms with E-state index in [1.165, 1.54) is 14.7 Å². The number of carbonyl (C=O) groups is 6. The van der Waals surface area contributed by atoms with Gasteiger partial charge in [0.1, 0.15) is 0 Å². The van der Waals surface area contributed by atoms with Crippen LogP contribution in [0, 0.1) is 0 Å². The fraction of sp³-hybridized carbons (Fsp3) is 0.581. The molecule has 1 saturated heterocycles. The number of amides is 1. The van der Waals surface area contributed by atoms with E-state index in [4.69, 9.17) is 0 Å². The number of hydrogen-bond donors (Lipinski definition) is 6. The molecule has 2 rings (SSSR count). The highest BCUT2D eigenvalue weighted by atomic mass is 32.1. The van der Waals surface area contributed by atoms with E-state index in [0.29, 0.717) is 5.69 Å². The lowest BCUT2D eigenvalue weighted by Crippen LogP contribution is -2.53. The summed E-state index contributed by atoms with van der Waals surface area (Å²) in [5.74, 6) is -5.89. The minimum absolute atomic E-state index is 0.0162. The number of benzene rings is 1. The van der Waals surface area contributed by atoms with Gasteiger partial charge >= 0.3 is 35.9 Å². The van der Waals surface area contributed by atoms with E-state index in [9.17, 15) is 59.4 Å². The van der Waals surface area contributed by atoms with Gasteiger partial charge in [-0.15, -0.1) is 0 Å². The highest BCUT2D eigenvalue weighted by molar-refractivity contribution is 7.78.